The monoisotopic (exact) mass is 294 g/mol. The summed E-state index contributed by atoms with van der Waals surface area (Å²) in [5.41, 5.74) is 2.18. The lowest BCUT2D eigenvalue weighted by molar-refractivity contribution is -0.671. The Morgan fingerprint density at radius 1 is 1.26 bits per heavy atom. The summed E-state index contributed by atoms with van der Waals surface area (Å²) >= 11 is 3.14. The fourth-order valence-corrected chi connectivity index (χ4v) is 3.56. The maximum atomic E-state index is 4.44. The summed E-state index contributed by atoms with van der Waals surface area (Å²) in [4.78, 5) is 0. The van der Waals surface area contributed by atoms with Crippen molar-refractivity contribution in [1.29, 1.82) is 0 Å². The molecule has 0 aliphatic carbocycles. The summed E-state index contributed by atoms with van der Waals surface area (Å²) in [6.45, 7) is 2.24. The first-order valence-corrected chi connectivity index (χ1v) is 8.44. The summed E-state index contributed by atoms with van der Waals surface area (Å²) in [7, 11) is 2.03. The molecule has 2 heterocycles. The smallest absolute Gasteiger partial charge is 0.178 e. The third-order valence-corrected chi connectivity index (χ3v) is 4.60. The minimum atomic E-state index is 1.03. The second-order valence-electron chi connectivity index (χ2n) is 4.59. The van der Waals surface area contributed by atoms with E-state index in [9.17, 15) is 0 Å². The molecule has 0 aliphatic heterocycles. The molecular formula is C14H20N3S2+. The van der Waals surface area contributed by atoms with Gasteiger partial charge in [0.25, 0.3) is 0 Å². The van der Waals surface area contributed by atoms with Crippen LogP contribution in [-0.2, 0) is 7.05 Å². The molecule has 0 N–H and O–H groups in total. The minimum Gasteiger partial charge on any atom is -0.207 e. The van der Waals surface area contributed by atoms with Gasteiger partial charge in [0, 0.05) is 6.07 Å². The number of unbranched alkanes of at least 4 members (excludes halogenated alkanes) is 3. The van der Waals surface area contributed by atoms with E-state index in [-0.39, 0.29) is 0 Å². The first-order chi connectivity index (χ1) is 9.31. The zero-order valence-corrected chi connectivity index (χ0v) is 13.1. The lowest BCUT2D eigenvalue weighted by Crippen LogP contribution is -2.26. The zero-order valence-electron chi connectivity index (χ0n) is 11.5. The number of pyridine rings is 1. The van der Waals surface area contributed by atoms with Gasteiger partial charge in [0.1, 0.15) is 17.8 Å². The minimum absolute atomic E-state index is 1.03. The maximum Gasteiger partial charge on any atom is 0.178 e. The molecule has 102 valence electrons. The van der Waals surface area contributed by atoms with Gasteiger partial charge in [-0.3, -0.25) is 0 Å². The largest absolute Gasteiger partial charge is 0.207 e. The van der Waals surface area contributed by atoms with E-state index in [1.54, 1.807) is 0 Å². The normalized spacial score (nSPS) is 10.8. The fraction of sp³-hybridized carbons (Fsp3) is 0.500. The standard InChI is InChI=1S/C14H20N3S2/c1-3-4-5-6-10-18-14-13(15-19-16-14)12-8-7-9-17(2)11-12/h7-9,11H,3-6,10H2,1-2H3/q+1. The molecule has 0 aromatic carbocycles. The number of nitrogens with zero attached hydrogens (tertiary/aromatic N) is 3. The number of hydrogen-bond donors (Lipinski definition) is 0. The van der Waals surface area contributed by atoms with Crippen LogP contribution in [0.1, 0.15) is 32.6 Å². The molecule has 0 spiro atoms. The lowest BCUT2D eigenvalue weighted by atomic mass is 10.2. The van der Waals surface area contributed by atoms with Crippen LogP contribution in [0.15, 0.2) is 29.6 Å². The summed E-state index contributed by atoms with van der Waals surface area (Å²) < 4.78 is 10.9. The molecule has 0 unspecified atom stereocenters. The van der Waals surface area contributed by atoms with Crippen LogP contribution in [0, 0.1) is 0 Å². The molecule has 3 nitrogen and oxygen atoms in total. The molecule has 2 rings (SSSR count). The fourth-order valence-electron chi connectivity index (χ4n) is 1.88. The van der Waals surface area contributed by atoms with Crippen molar-refractivity contribution in [2.75, 3.05) is 5.75 Å². The number of thioether (sulfide) groups is 1. The second-order valence-corrected chi connectivity index (χ2v) is 6.20. The molecule has 0 fully saturated rings. The van der Waals surface area contributed by atoms with Crippen molar-refractivity contribution >= 4 is 23.5 Å². The van der Waals surface area contributed by atoms with Crippen molar-refractivity contribution in [3.8, 4) is 11.3 Å². The third kappa shape index (κ3) is 4.28. The van der Waals surface area contributed by atoms with Gasteiger partial charge in [-0.15, -0.1) is 11.8 Å². The predicted molar refractivity (Wildman–Crippen MR) is 81.4 cm³/mol. The van der Waals surface area contributed by atoms with Crippen LogP contribution in [0.2, 0.25) is 0 Å². The first kappa shape index (κ1) is 14.5. The van der Waals surface area contributed by atoms with E-state index in [4.69, 9.17) is 0 Å². The third-order valence-electron chi connectivity index (χ3n) is 2.91. The Balaban J connectivity index is 1.98. The second kappa shape index (κ2) is 7.60. The van der Waals surface area contributed by atoms with Crippen molar-refractivity contribution in [2.24, 2.45) is 7.05 Å². The van der Waals surface area contributed by atoms with Crippen LogP contribution >= 0.6 is 23.5 Å². The highest BCUT2D eigenvalue weighted by molar-refractivity contribution is 7.99. The molecule has 2 aromatic heterocycles. The van der Waals surface area contributed by atoms with Crippen LogP contribution in [0.25, 0.3) is 11.3 Å². The van der Waals surface area contributed by atoms with Crippen molar-refractivity contribution in [1.82, 2.24) is 8.75 Å². The first-order valence-electron chi connectivity index (χ1n) is 6.72. The zero-order chi connectivity index (χ0) is 13.5. The van der Waals surface area contributed by atoms with Crippen LogP contribution in [0.4, 0.5) is 0 Å². The van der Waals surface area contributed by atoms with Gasteiger partial charge in [-0.05, 0) is 18.2 Å². The van der Waals surface area contributed by atoms with E-state index >= 15 is 0 Å². The van der Waals surface area contributed by atoms with Crippen LogP contribution in [0.3, 0.4) is 0 Å². The molecule has 0 saturated carbocycles. The molecule has 19 heavy (non-hydrogen) atoms. The Kier molecular flexibility index (Phi) is 5.79. The average Bonchev–Trinajstić information content (AvgIpc) is 2.87. The Hall–Kier alpha value is -0.940. The molecule has 0 saturated heterocycles. The van der Waals surface area contributed by atoms with E-state index in [0.29, 0.717) is 0 Å². The Labute approximate surface area is 123 Å². The predicted octanol–water partition coefficient (Wildman–Crippen LogP) is 3.70. The maximum absolute atomic E-state index is 4.44. The molecule has 5 heteroatoms. The molecule has 0 radical (unpaired) electrons. The van der Waals surface area contributed by atoms with E-state index in [1.165, 1.54) is 37.4 Å². The molecule has 0 bridgehead atoms. The van der Waals surface area contributed by atoms with E-state index in [2.05, 4.69) is 27.9 Å². The molecular weight excluding hydrogens is 274 g/mol. The van der Waals surface area contributed by atoms with Gasteiger partial charge in [0.2, 0.25) is 0 Å². The summed E-state index contributed by atoms with van der Waals surface area (Å²) in [5.74, 6) is 1.14. The summed E-state index contributed by atoms with van der Waals surface area (Å²) in [6, 6.07) is 4.14. The highest BCUT2D eigenvalue weighted by atomic mass is 32.2. The van der Waals surface area contributed by atoms with Crippen LogP contribution in [-0.4, -0.2) is 14.5 Å². The van der Waals surface area contributed by atoms with Crippen molar-refractivity contribution < 1.29 is 4.57 Å². The van der Waals surface area contributed by atoms with Crippen LogP contribution < -0.4 is 4.57 Å². The topological polar surface area (TPSA) is 29.7 Å². The highest BCUT2D eigenvalue weighted by Crippen LogP contribution is 2.29. The van der Waals surface area contributed by atoms with Gasteiger partial charge in [-0.25, -0.2) is 4.57 Å². The van der Waals surface area contributed by atoms with Crippen molar-refractivity contribution in [3.63, 3.8) is 0 Å². The number of aromatic nitrogens is 3. The van der Waals surface area contributed by atoms with E-state index in [0.717, 1.165) is 22.0 Å². The average molecular weight is 294 g/mol. The van der Waals surface area contributed by atoms with Gasteiger partial charge < -0.3 is 0 Å². The van der Waals surface area contributed by atoms with Gasteiger partial charge in [0.15, 0.2) is 12.4 Å². The summed E-state index contributed by atoms with van der Waals surface area (Å²) in [5, 5.41) is 1.08. The molecule has 0 aliphatic rings. The Morgan fingerprint density at radius 2 is 2.16 bits per heavy atom. The van der Waals surface area contributed by atoms with Gasteiger partial charge >= 0.3 is 0 Å². The molecule has 0 amide bonds. The highest BCUT2D eigenvalue weighted by Gasteiger charge is 2.13. The molecule has 0 atom stereocenters. The van der Waals surface area contributed by atoms with Crippen molar-refractivity contribution in [2.45, 2.75) is 37.6 Å². The van der Waals surface area contributed by atoms with E-state index < -0.39 is 0 Å². The molecule has 2 aromatic rings. The lowest BCUT2D eigenvalue weighted by Gasteiger charge is -2.00. The Morgan fingerprint density at radius 3 is 2.95 bits per heavy atom. The SMILES string of the molecule is CCCCCCSc1nsnc1-c1ccc[n+](C)c1. The Bertz CT molecular complexity index is 511. The number of aryl methyl sites for hydroxylation is 1. The number of rotatable bonds is 7. The van der Waals surface area contributed by atoms with Gasteiger partial charge in [0.05, 0.1) is 17.3 Å². The van der Waals surface area contributed by atoms with Crippen molar-refractivity contribution in [3.05, 3.63) is 24.5 Å². The van der Waals surface area contributed by atoms with Crippen LogP contribution in [0.5, 0.6) is 0 Å². The summed E-state index contributed by atoms with van der Waals surface area (Å²) in [6.07, 6.45) is 9.32. The number of hydrogen-bond acceptors (Lipinski definition) is 4. The quantitative estimate of drug-likeness (QED) is 0.443. The van der Waals surface area contributed by atoms with Gasteiger partial charge in [-0.2, -0.15) is 8.75 Å². The van der Waals surface area contributed by atoms with E-state index in [1.807, 2.05) is 35.6 Å². The van der Waals surface area contributed by atoms with Gasteiger partial charge in [-0.1, -0.05) is 26.2 Å².